The summed E-state index contributed by atoms with van der Waals surface area (Å²) < 4.78 is 0. The zero-order chi connectivity index (χ0) is 11.4. The molecule has 86 valence electrons. The van der Waals surface area contributed by atoms with Gasteiger partial charge in [0.15, 0.2) is 0 Å². The lowest BCUT2D eigenvalue weighted by Gasteiger charge is -2.33. The maximum Gasteiger partial charge on any atom is 0.238 e. The number of anilines is 1. The van der Waals surface area contributed by atoms with Crippen LogP contribution in [-0.4, -0.2) is 18.5 Å². The summed E-state index contributed by atoms with van der Waals surface area (Å²) in [5.74, 6) is 0.848. The van der Waals surface area contributed by atoms with Gasteiger partial charge in [0.25, 0.3) is 0 Å². The Hall–Kier alpha value is -1.35. The third-order valence-corrected chi connectivity index (χ3v) is 2.98. The normalized spacial score (nSPS) is 23.6. The number of hydrogen-bond donors (Lipinski definition) is 2. The van der Waals surface area contributed by atoms with Gasteiger partial charge in [-0.3, -0.25) is 4.79 Å². The van der Waals surface area contributed by atoms with Crippen LogP contribution >= 0.6 is 0 Å². The molecule has 0 saturated heterocycles. The third kappa shape index (κ3) is 3.07. The SMILES string of the molecule is CC1CC(NCC(=O)Nc2ccccc2)C1. The summed E-state index contributed by atoms with van der Waals surface area (Å²) in [5.41, 5.74) is 0.858. The molecule has 1 amide bonds. The molecule has 2 rings (SSSR count). The average Bonchev–Trinajstić information content (AvgIpc) is 2.24. The number of para-hydroxylation sites is 1. The molecule has 0 aromatic heterocycles. The van der Waals surface area contributed by atoms with Crippen LogP contribution in [0.1, 0.15) is 19.8 Å². The van der Waals surface area contributed by atoms with Crippen molar-refractivity contribution in [3.63, 3.8) is 0 Å². The molecule has 2 N–H and O–H groups in total. The number of carbonyl (C=O) groups is 1. The lowest BCUT2D eigenvalue weighted by atomic mass is 9.82. The van der Waals surface area contributed by atoms with Gasteiger partial charge < -0.3 is 10.6 Å². The van der Waals surface area contributed by atoms with Crippen LogP contribution in [0, 0.1) is 5.92 Å². The summed E-state index contributed by atoms with van der Waals surface area (Å²) in [5, 5.41) is 6.11. The molecular formula is C13H18N2O. The highest BCUT2D eigenvalue weighted by Gasteiger charge is 2.24. The number of rotatable bonds is 4. The van der Waals surface area contributed by atoms with Crippen molar-refractivity contribution >= 4 is 11.6 Å². The second kappa shape index (κ2) is 5.12. The Morgan fingerprint density at radius 2 is 2.00 bits per heavy atom. The molecule has 1 aromatic carbocycles. The molecule has 1 aliphatic rings. The summed E-state index contributed by atoms with van der Waals surface area (Å²) in [6.45, 7) is 2.65. The Kier molecular flexibility index (Phi) is 3.57. The van der Waals surface area contributed by atoms with E-state index in [1.807, 2.05) is 30.3 Å². The predicted molar refractivity (Wildman–Crippen MR) is 65.3 cm³/mol. The number of nitrogens with one attached hydrogen (secondary N) is 2. The number of amides is 1. The van der Waals surface area contributed by atoms with Crippen LogP contribution in [0.3, 0.4) is 0 Å². The van der Waals surface area contributed by atoms with E-state index in [1.165, 1.54) is 12.8 Å². The Morgan fingerprint density at radius 1 is 1.31 bits per heavy atom. The van der Waals surface area contributed by atoms with E-state index in [-0.39, 0.29) is 5.91 Å². The lowest BCUT2D eigenvalue weighted by molar-refractivity contribution is -0.115. The molecule has 0 bridgehead atoms. The molecule has 1 saturated carbocycles. The van der Waals surface area contributed by atoms with Gasteiger partial charge in [-0.1, -0.05) is 25.1 Å². The van der Waals surface area contributed by atoms with Crippen LogP contribution in [0.25, 0.3) is 0 Å². The van der Waals surface area contributed by atoms with Crippen molar-refractivity contribution in [2.75, 3.05) is 11.9 Å². The van der Waals surface area contributed by atoms with Crippen molar-refractivity contribution in [2.45, 2.75) is 25.8 Å². The van der Waals surface area contributed by atoms with E-state index in [4.69, 9.17) is 0 Å². The lowest BCUT2D eigenvalue weighted by Crippen LogP contribution is -2.43. The van der Waals surface area contributed by atoms with Crippen molar-refractivity contribution in [3.05, 3.63) is 30.3 Å². The van der Waals surface area contributed by atoms with Gasteiger partial charge in [-0.25, -0.2) is 0 Å². The second-order valence-electron chi connectivity index (χ2n) is 4.57. The van der Waals surface area contributed by atoms with Gasteiger partial charge in [0.1, 0.15) is 0 Å². The molecule has 16 heavy (non-hydrogen) atoms. The van der Waals surface area contributed by atoms with Crippen LogP contribution in [0.15, 0.2) is 30.3 Å². The molecule has 0 atom stereocenters. The zero-order valence-electron chi connectivity index (χ0n) is 9.57. The topological polar surface area (TPSA) is 41.1 Å². The molecule has 0 spiro atoms. The fourth-order valence-electron chi connectivity index (χ4n) is 2.03. The number of hydrogen-bond acceptors (Lipinski definition) is 2. The van der Waals surface area contributed by atoms with Crippen molar-refractivity contribution in [1.29, 1.82) is 0 Å². The first kappa shape index (κ1) is 11.1. The maximum absolute atomic E-state index is 11.6. The highest BCUT2D eigenvalue weighted by Crippen LogP contribution is 2.25. The van der Waals surface area contributed by atoms with E-state index in [1.54, 1.807) is 0 Å². The van der Waals surface area contributed by atoms with E-state index < -0.39 is 0 Å². The smallest absolute Gasteiger partial charge is 0.238 e. The summed E-state index contributed by atoms with van der Waals surface area (Å²) in [6.07, 6.45) is 2.39. The van der Waals surface area contributed by atoms with E-state index >= 15 is 0 Å². The fourth-order valence-corrected chi connectivity index (χ4v) is 2.03. The fraction of sp³-hybridized carbons (Fsp3) is 0.462. The summed E-state index contributed by atoms with van der Waals surface area (Å²) in [7, 11) is 0. The average molecular weight is 218 g/mol. The molecule has 0 aliphatic heterocycles. The van der Waals surface area contributed by atoms with Crippen LogP contribution in [-0.2, 0) is 4.79 Å². The molecule has 1 aromatic rings. The Labute approximate surface area is 96.2 Å². The van der Waals surface area contributed by atoms with Crippen molar-refractivity contribution < 1.29 is 4.79 Å². The van der Waals surface area contributed by atoms with Gasteiger partial charge >= 0.3 is 0 Å². The highest BCUT2D eigenvalue weighted by atomic mass is 16.1. The molecule has 0 heterocycles. The summed E-state index contributed by atoms with van der Waals surface area (Å²) in [4.78, 5) is 11.6. The third-order valence-electron chi connectivity index (χ3n) is 2.98. The molecule has 0 unspecified atom stereocenters. The Balaban J connectivity index is 1.69. The first-order chi connectivity index (χ1) is 7.74. The standard InChI is InChI=1S/C13H18N2O/c1-10-7-12(8-10)14-9-13(16)15-11-5-3-2-4-6-11/h2-6,10,12,14H,7-9H2,1H3,(H,15,16). The van der Waals surface area contributed by atoms with Gasteiger partial charge in [0.2, 0.25) is 5.91 Å². The van der Waals surface area contributed by atoms with Gasteiger partial charge in [0, 0.05) is 11.7 Å². The minimum absolute atomic E-state index is 0.0331. The van der Waals surface area contributed by atoms with E-state index in [9.17, 15) is 4.79 Å². The van der Waals surface area contributed by atoms with E-state index in [0.717, 1.165) is 11.6 Å². The second-order valence-corrected chi connectivity index (χ2v) is 4.57. The van der Waals surface area contributed by atoms with Crippen LogP contribution in [0.4, 0.5) is 5.69 Å². The Bertz CT molecular complexity index is 344. The highest BCUT2D eigenvalue weighted by molar-refractivity contribution is 5.92. The first-order valence-electron chi connectivity index (χ1n) is 5.82. The molecule has 1 fully saturated rings. The van der Waals surface area contributed by atoms with Gasteiger partial charge in [-0.2, -0.15) is 0 Å². The molecule has 3 heteroatoms. The quantitative estimate of drug-likeness (QED) is 0.811. The van der Waals surface area contributed by atoms with E-state index in [0.29, 0.717) is 12.6 Å². The minimum atomic E-state index is 0.0331. The molecule has 3 nitrogen and oxygen atoms in total. The monoisotopic (exact) mass is 218 g/mol. The first-order valence-corrected chi connectivity index (χ1v) is 5.82. The van der Waals surface area contributed by atoms with Gasteiger partial charge in [-0.15, -0.1) is 0 Å². The summed E-state index contributed by atoms with van der Waals surface area (Å²) in [6, 6.07) is 10.1. The molecular weight excluding hydrogens is 200 g/mol. The summed E-state index contributed by atoms with van der Waals surface area (Å²) >= 11 is 0. The van der Waals surface area contributed by atoms with Crippen LogP contribution in [0.5, 0.6) is 0 Å². The maximum atomic E-state index is 11.6. The van der Waals surface area contributed by atoms with Crippen molar-refractivity contribution in [1.82, 2.24) is 5.32 Å². The Morgan fingerprint density at radius 3 is 2.62 bits per heavy atom. The zero-order valence-corrected chi connectivity index (χ0v) is 9.57. The molecule has 0 radical (unpaired) electrons. The van der Waals surface area contributed by atoms with Crippen molar-refractivity contribution in [2.24, 2.45) is 5.92 Å². The van der Waals surface area contributed by atoms with Gasteiger partial charge in [-0.05, 0) is 30.9 Å². The minimum Gasteiger partial charge on any atom is -0.325 e. The largest absolute Gasteiger partial charge is 0.325 e. The number of benzene rings is 1. The predicted octanol–water partition coefficient (Wildman–Crippen LogP) is 2.01. The van der Waals surface area contributed by atoms with Crippen LogP contribution in [0.2, 0.25) is 0 Å². The van der Waals surface area contributed by atoms with Crippen molar-refractivity contribution in [3.8, 4) is 0 Å². The number of carbonyl (C=O) groups excluding carboxylic acids is 1. The van der Waals surface area contributed by atoms with E-state index in [2.05, 4.69) is 17.6 Å². The molecule has 1 aliphatic carbocycles. The van der Waals surface area contributed by atoms with Crippen LogP contribution < -0.4 is 10.6 Å². The van der Waals surface area contributed by atoms with Gasteiger partial charge in [0.05, 0.1) is 6.54 Å².